The van der Waals surface area contributed by atoms with Gasteiger partial charge in [0.15, 0.2) is 0 Å². The molecule has 1 unspecified atom stereocenters. The molecular weight excluding hydrogens is 328 g/mol. The van der Waals surface area contributed by atoms with Crippen molar-refractivity contribution in [3.8, 4) is 0 Å². The van der Waals surface area contributed by atoms with E-state index >= 15 is 0 Å². The zero-order valence-corrected chi connectivity index (χ0v) is 12.7. The van der Waals surface area contributed by atoms with Crippen LogP contribution in [0.15, 0.2) is 39.5 Å². The number of halogens is 1. The Morgan fingerprint density at radius 1 is 1.47 bits per heavy atom. The largest absolute Gasteiger partial charge is 0.377 e. The molecule has 2 rings (SSSR count). The highest BCUT2D eigenvalue weighted by Gasteiger charge is 2.16. The molecule has 0 aliphatic heterocycles. The molecule has 0 amide bonds. The van der Waals surface area contributed by atoms with Gasteiger partial charge < -0.3 is 5.32 Å². The summed E-state index contributed by atoms with van der Waals surface area (Å²) in [6.45, 7) is 2.02. The lowest BCUT2D eigenvalue weighted by Crippen LogP contribution is -2.18. The van der Waals surface area contributed by atoms with Gasteiger partial charge in [-0.2, -0.15) is 11.3 Å². The van der Waals surface area contributed by atoms with Gasteiger partial charge in [-0.1, -0.05) is 15.9 Å². The predicted octanol–water partition coefficient (Wildman–Crippen LogP) is 4.46. The van der Waals surface area contributed by atoms with Crippen molar-refractivity contribution in [1.29, 1.82) is 0 Å². The summed E-state index contributed by atoms with van der Waals surface area (Å²) in [4.78, 5) is 10.6. The highest BCUT2D eigenvalue weighted by Crippen LogP contribution is 2.28. The Hall–Kier alpha value is -1.40. The van der Waals surface area contributed by atoms with Crippen LogP contribution in [-0.2, 0) is 6.42 Å². The lowest BCUT2D eigenvalue weighted by Gasteiger charge is -2.14. The number of rotatable bonds is 5. The van der Waals surface area contributed by atoms with E-state index in [0.29, 0.717) is 10.2 Å². The van der Waals surface area contributed by atoms with Crippen LogP contribution in [0.4, 0.5) is 11.4 Å². The molecule has 0 fully saturated rings. The summed E-state index contributed by atoms with van der Waals surface area (Å²) in [6.07, 6.45) is 0.844. The molecule has 0 aliphatic carbocycles. The summed E-state index contributed by atoms with van der Waals surface area (Å²) < 4.78 is 0.704. The van der Waals surface area contributed by atoms with Gasteiger partial charge in [0.25, 0.3) is 5.69 Å². The first-order chi connectivity index (χ1) is 9.06. The van der Waals surface area contributed by atoms with Crippen molar-refractivity contribution in [2.24, 2.45) is 0 Å². The van der Waals surface area contributed by atoms with E-state index in [0.717, 1.165) is 6.42 Å². The Bertz CT molecular complexity index is 572. The van der Waals surface area contributed by atoms with Crippen LogP contribution in [0.25, 0.3) is 0 Å². The summed E-state index contributed by atoms with van der Waals surface area (Å²) in [5.74, 6) is 0. The number of nitrogens with zero attached hydrogens (tertiary/aromatic N) is 1. The van der Waals surface area contributed by atoms with Crippen LogP contribution in [0.3, 0.4) is 0 Å². The van der Waals surface area contributed by atoms with Crippen molar-refractivity contribution >= 4 is 38.6 Å². The monoisotopic (exact) mass is 340 g/mol. The summed E-state index contributed by atoms with van der Waals surface area (Å²) in [7, 11) is 0. The molecule has 100 valence electrons. The van der Waals surface area contributed by atoms with Crippen LogP contribution >= 0.6 is 27.3 Å². The quantitative estimate of drug-likeness (QED) is 0.645. The minimum Gasteiger partial charge on any atom is -0.377 e. The van der Waals surface area contributed by atoms with Crippen molar-refractivity contribution in [3.63, 3.8) is 0 Å². The van der Waals surface area contributed by atoms with E-state index in [1.54, 1.807) is 23.5 Å². The van der Waals surface area contributed by atoms with Gasteiger partial charge in [-0.15, -0.1) is 0 Å². The zero-order chi connectivity index (χ0) is 13.8. The van der Waals surface area contributed by atoms with Gasteiger partial charge in [0.2, 0.25) is 0 Å². The maximum absolute atomic E-state index is 11.0. The molecular formula is C13H13BrN2O2S. The minimum atomic E-state index is -0.371. The van der Waals surface area contributed by atoms with Gasteiger partial charge in [0.05, 0.1) is 4.92 Å². The number of anilines is 1. The standard InChI is InChI=1S/C13H13BrN2O2S/c1-9(6-10-4-5-19-8-10)15-12-3-2-11(14)7-13(12)16(17)18/h2-5,7-9,15H,6H2,1H3. The fourth-order valence-electron chi connectivity index (χ4n) is 1.86. The summed E-state index contributed by atoms with van der Waals surface area (Å²) in [6, 6.07) is 7.24. The van der Waals surface area contributed by atoms with Crippen LogP contribution in [0.1, 0.15) is 12.5 Å². The molecule has 6 heteroatoms. The smallest absolute Gasteiger partial charge is 0.293 e. The second-order valence-corrected chi connectivity index (χ2v) is 6.00. The Morgan fingerprint density at radius 3 is 2.89 bits per heavy atom. The van der Waals surface area contributed by atoms with Crippen molar-refractivity contribution in [2.45, 2.75) is 19.4 Å². The first-order valence-electron chi connectivity index (χ1n) is 5.78. The fraction of sp³-hybridized carbons (Fsp3) is 0.231. The minimum absolute atomic E-state index is 0.0894. The number of nitro benzene ring substituents is 1. The molecule has 1 atom stereocenters. The van der Waals surface area contributed by atoms with Crippen LogP contribution in [0, 0.1) is 10.1 Å². The predicted molar refractivity (Wildman–Crippen MR) is 81.9 cm³/mol. The van der Waals surface area contributed by atoms with Crippen molar-refractivity contribution in [2.75, 3.05) is 5.32 Å². The third kappa shape index (κ3) is 3.78. The molecule has 19 heavy (non-hydrogen) atoms. The van der Waals surface area contributed by atoms with Crippen molar-refractivity contribution < 1.29 is 4.92 Å². The molecule has 1 N–H and O–H groups in total. The molecule has 0 aliphatic rings. The van der Waals surface area contributed by atoms with Gasteiger partial charge in [-0.05, 0) is 47.9 Å². The molecule has 0 bridgehead atoms. The number of nitrogens with one attached hydrogen (secondary N) is 1. The Balaban J connectivity index is 2.12. The van der Waals surface area contributed by atoms with E-state index in [1.807, 2.05) is 12.3 Å². The second kappa shape index (κ2) is 6.16. The Labute approximate surface area is 123 Å². The first kappa shape index (κ1) is 14.0. The fourth-order valence-corrected chi connectivity index (χ4v) is 2.89. The van der Waals surface area contributed by atoms with E-state index in [-0.39, 0.29) is 16.7 Å². The third-order valence-corrected chi connectivity index (χ3v) is 3.91. The topological polar surface area (TPSA) is 55.2 Å². The van der Waals surface area contributed by atoms with Crippen LogP contribution in [-0.4, -0.2) is 11.0 Å². The Morgan fingerprint density at radius 2 is 2.26 bits per heavy atom. The SMILES string of the molecule is CC(Cc1ccsc1)Nc1ccc(Br)cc1[N+](=O)[O-]. The molecule has 0 saturated heterocycles. The molecule has 1 heterocycles. The lowest BCUT2D eigenvalue weighted by molar-refractivity contribution is -0.384. The number of hydrogen-bond acceptors (Lipinski definition) is 4. The van der Waals surface area contributed by atoms with Gasteiger partial charge in [0.1, 0.15) is 5.69 Å². The number of benzene rings is 1. The average Bonchev–Trinajstić information content (AvgIpc) is 2.83. The molecule has 4 nitrogen and oxygen atoms in total. The van der Waals surface area contributed by atoms with E-state index in [4.69, 9.17) is 0 Å². The maximum atomic E-state index is 11.0. The Kier molecular flexibility index (Phi) is 4.55. The lowest BCUT2D eigenvalue weighted by atomic mass is 10.1. The van der Waals surface area contributed by atoms with E-state index in [2.05, 4.69) is 32.7 Å². The summed E-state index contributed by atoms with van der Waals surface area (Å²) >= 11 is 4.90. The van der Waals surface area contributed by atoms with E-state index < -0.39 is 0 Å². The maximum Gasteiger partial charge on any atom is 0.293 e. The van der Waals surface area contributed by atoms with E-state index in [9.17, 15) is 10.1 Å². The summed E-state index contributed by atoms with van der Waals surface area (Å²) in [5, 5.41) is 18.3. The molecule has 0 spiro atoms. The van der Waals surface area contributed by atoms with Gasteiger partial charge in [-0.25, -0.2) is 0 Å². The third-order valence-electron chi connectivity index (χ3n) is 2.68. The molecule has 0 radical (unpaired) electrons. The van der Waals surface area contributed by atoms with E-state index in [1.165, 1.54) is 11.6 Å². The molecule has 1 aromatic carbocycles. The molecule has 0 saturated carbocycles. The number of nitro groups is 1. The van der Waals surface area contributed by atoms with Gasteiger partial charge in [-0.3, -0.25) is 10.1 Å². The zero-order valence-electron chi connectivity index (χ0n) is 10.3. The second-order valence-electron chi connectivity index (χ2n) is 4.30. The highest BCUT2D eigenvalue weighted by atomic mass is 79.9. The van der Waals surface area contributed by atoms with Gasteiger partial charge >= 0.3 is 0 Å². The van der Waals surface area contributed by atoms with Crippen molar-refractivity contribution in [1.82, 2.24) is 0 Å². The molecule has 2 aromatic rings. The number of thiophene rings is 1. The van der Waals surface area contributed by atoms with Crippen LogP contribution < -0.4 is 5.32 Å². The average molecular weight is 341 g/mol. The van der Waals surface area contributed by atoms with Crippen LogP contribution in [0.5, 0.6) is 0 Å². The van der Waals surface area contributed by atoms with Crippen molar-refractivity contribution in [3.05, 3.63) is 55.2 Å². The summed E-state index contributed by atoms with van der Waals surface area (Å²) in [5.41, 5.74) is 1.88. The normalized spacial score (nSPS) is 12.1. The highest BCUT2D eigenvalue weighted by molar-refractivity contribution is 9.10. The van der Waals surface area contributed by atoms with Crippen LogP contribution in [0.2, 0.25) is 0 Å². The van der Waals surface area contributed by atoms with Gasteiger partial charge in [0, 0.05) is 16.6 Å². The first-order valence-corrected chi connectivity index (χ1v) is 7.51. The molecule has 1 aromatic heterocycles. The number of hydrogen-bond donors (Lipinski definition) is 1.